The molecule has 0 fully saturated rings. The van der Waals surface area contributed by atoms with Crippen molar-refractivity contribution >= 4 is 11.8 Å². The van der Waals surface area contributed by atoms with Gasteiger partial charge in [-0.3, -0.25) is 0 Å². The minimum absolute atomic E-state index is 0.0913. The van der Waals surface area contributed by atoms with Crippen LogP contribution in [0, 0.1) is 7.11 Å². The summed E-state index contributed by atoms with van der Waals surface area (Å²) in [5.41, 5.74) is -4.26. The van der Waals surface area contributed by atoms with E-state index in [-0.39, 0.29) is 16.7 Å². The Balaban J connectivity index is 2.78. The van der Waals surface area contributed by atoms with Gasteiger partial charge in [0, 0.05) is 4.90 Å². The molecular weight excluding hydrogens is 201 g/mol. The summed E-state index contributed by atoms with van der Waals surface area (Å²) in [5, 5.41) is 0. The fourth-order valence-electron chi connectivity index (χ4n) is 0.761. The number of alkyl halides is 3. The second-order valence-electron chi connectivity index (χ2n) is 2.17. The largest absolute Gasteiger partial charge is 0.490 e. The van der Waals surface area contributed by atoms with Gasteiger partial charge in [0.2, 0.25) is 0 Å². The van der Waals surface area contributed by atoms with Crippen molar-refractivity contribution < 1.29 is 17.9 Å². The van der Waals surface area contributed by atoms with Crippen LogP contribution in [0.1, 0.15) is 0 Å². The number of benzene rings is 1. The quantitative estimate of drug-likeness (QED) is 0.687. The van der Waals surface area contributed by atoms with Crippen molar-refractivity contribution in [2.45, 2.75) is 10.4 Å². The van der Waals surface area contributed by atoms with Gasteiger partial charge in [0.1, 0.15) is 12.9 Å². The van der Waals surface area contributed by atoms with Gasteiger partial charge in [-0.25, -0.2) is 0 Å². The van der Waals surface area contributed by atoms with Crippen molar-refractivity contribution in [2.75, 3.05) is 0 Å². The summed E-state index contributed by atoms with van der Waals surface area (Å²) in [5.74, 6) is 0.314. The smallest absolute Gasteiger partial charge is 0.446 e. The molecular formula is C8H6F3OS. The maximum Gasteiger partial charge on any atom is 0.446 e. The molecule has 0 spiro atoms. The summed E-state index contributed by atoms with van der Waals surface area (Å²) in [4.78, 5) is 0.0913. The lowest BCUT2D eigenvalue weighted by Gasteiger charge is -2.06. The van der Waals surface area contributed by atoms with E-state index in [1.165, 1.54) is 24.3 Å². The number of ether oxygens (including phenoxy) is 1. The van der Waals surface area contributed by atoms with Crippen LogP contribution in [0.3, 0.4) is 0 Å². The molecule has 0 bridgehead atoms. The maximum absolute atomic E-state index is 11.9. The highest BCUT2D eigenvalue weighted by atomic mass is 32.2. The predicted molar refractivity (Wildman–Crippen MR) is 44.3 cm³/mol. The number of rotatable bonds is 2. The van der Waals surface area contributed by atoms with Crippen LogP contribution in [-0.4, -0.2) is 5.51 Å². The number of hydrogen-bond acceptors (Lipinski definition) is 2. The molecule has 13 heavy (non-hydrogen) atoms. The van der Waals surface area contributed by atoms with Crippen molar-refractivity contribution in [2.24, 2.45) is 0 Å². The van der Waals surface area contributed by atoms with Gasteiger partial charge < -0.3 is 4.74 Å². The molecule has 0 atom stereocenters. The van der Waals surface area contributed by atoms with Crippen LogP contribution in [0.2, 0.25) is 0 Å². The molecule has 1 aromatic carbocycles. The van der Waals surface area contributed by atoms with Crippen LogP contribution < -0.4 is 4.74 Å². The number of hydrogen-bond donors (Lipinski definition) is 0. The molecule has 0 aromatic heterocycles. The van der Waals surface area contributed by atoms with E-state index in [0.29, 0.717) is 5.75 Å². The van der Waals surface area contributed by atoms with Crippen molar-refractivity contribution in [1.82, 2.24) is 0 Å². The Bertz CT molecular complexity index is 285. The number of thioether (sulfide) groups is 1. The minimum atomic E-state index is -4.26. The first-order valence-electron chi connectivity index (χ1n) is 3.29. The van der Waals surface area contributed by atoms with Gasteiger partial charge in [0.05, 0.1) is 0 Å². The summed E-state index contributed by atoms with van der Waals surface area (Å²) in [6, 6.07) is 5.66. The predicted octanol–water partition coefficient (Wildman–Crippen LogP) is 3.47. The lowest BCUT2D eigenvalue weighted by atomic mass is 10.3. The molecule has 0 saturated carbocycles. The third-order valence-electron chi connectivity index (χ3n) is 1.21. The molecule has 0 unspecified atom stereocenters. The van der Waals surface area contributed by atoms with Gasteiger partial charge in [-0.1, -0.05) is 6.07 Å². The summed E-state index contributed by atoms with van der Waals surface area (Å²) in [6.07, 6.45) is 0. The molecule has 1 radical (unpaired) electrons. The van der Waals surface area contributed by atoms with Crippen LogP contribution >= 0.6 is 11.8 Å². The zero-order valence-electron chi connectivity index (χ0n) is 6.47. The molecule has 0 N–H and O–H groups in total. The van der Waals surface area contributed by atoms with E-state index in [1.807, 2.05) is 0 Å². The second-order valence-corrected chi connectivity index (χ2v) is 3.31. The van der Waals surface area contributed by atoms with Crippen LogP contribution in [0.5, 0.6) is 5.75 Å². The molecule has 0 aliphatic carbocycles. The van der Waals surface area contributed by atoms with E-state index in [2.05, 4.69) is 11.8 Å². The highest BCUT2D eigenvalue weighted by Crippen LogP contribution is 2.37. The van der Waals surface area contributed by atoms with Crippen LogP contribution in [0.4, 0.5) is 13.2 Å². The van der Waals surface area contributed by atoms with E-state index in [1.54, 1.807) is 0 Å². The SMILES string of the molecule is [CH2]Oc1cccc(SC(F)(F)F)c1. The molecule has 0 saturated heterocycles. The van der Waals surface area contributed by atoms with Crippen molar-refractivity contribution in [3.05, 3.63) is 31.4 Å². The van der Waals surface area contributed by atoms with Gasteiger partial charge in [-0.2, -0.15) is 13.2 Å². The fraction of sp³-hybridized carbons (Fsp3) is 0.125. The highest BCUT2D eigenvalue weighted by molar-refractivity contribution is 8.00. The van der Waals surface area contributed by atoms with E-state index < -0.39 is 5.51 Å². The Morgan fingerprint density at radius 1 is 1.31 bits per heavy atom. The molecule has 0 aliphatic heterocycles. The molecule has 0 aliphatic rings. The molecule has 71 valence electrons. The van der Waals surface area contributed by atoms with Crippen LogP contribution in [0.15, 0.2) is 29.2 Å². The molecule has 5 heteroatoms. The average Bonchev–Trinajstić information content (AvgIpc) is 2.01. The van der Waals surface area contributed by atoms with Crippen LogP contribution in [0.25, 0.3) is 0 Å². The topological polar surface area (TPSA) is 9.23 Å². The maximum atomic E-state index is 11.9. The molecule has 1 rings (SSSR count). The molecule has 1 aromatic rings. The van der Waals surface area contributed by atoms with E-state index in [4.69, 9.17) is 0 Å². The Labute approximate surface area is 77.9 Å². The Kier molecular flexibility index (Phi) is 3.08. The zero-order chi connectivity index (χ0) is 9.90. The van der Waals surface area contributed by atoms with E-state index in [0.717, 1.165) is 0 Å². The summed E-state index contributed by atoms with van der Waals surface area (Å²) in [7, 11) is 3.10. The number of halogens is 3. The molecule has 0 heterocycles. The summed E-state index contributed by atoms with van der Waals surface area (Å²) in [6.45, 7) is 0. The monoisotopic (exact) mass is 207 g/mol. The fourth-order valence-corrected chi connectivity index (χ4v) is 1.35. The lowest BCUT2D eigenvalue weighted by Crippen LogP contribution is -1.98. The van der Waals surface area contributed by atoms with E-state index in [9.17, 15) is 13.2 Å². The first kappa shape index (κ1) is 10.2. The first-order chi connectivity index (χ1) is 6.01. The third kappa shape index (κ3) is 3.59. The van der Waals surface area contributed by atoms with Gasteiger partial charge in [-0.05, 0) is 30.0 Å². The highest BCUT2D eigenvalue weighted by Gasteiger charge is 2.29. The third-order valence-corrected chi connectivity index (χ3v) is 1.93. The summed E-state index contributed by atoms with van der Waals surface area (Å²) < 4.78 is 40.2. The van der Waals surface area contributed by atoms with Gasteiger partial charge in [0.15, 0.2) is 0 Å². The van der Waals surface area contributed by atoms with Crippen LogP contribution in [-0.2, 0) is 0 Å². The van der Waals surface area contributed by atoms with Gasteiger partial charge >= 0.3 is 5.51 Å². The minimum Gasteiger partial charge on any atom is -0.490 e. The van der Waals surface area contributed by atoms with Crippen molar-refractivity contribution in [1.29, 1.82) is 0 Å². The molecule has 1 nitrogen and oxygen atoms in total. The summed E-state index contributed by atoms with van der Waals surface area (Å²) >= 11 is -0.178. The van der Waals surface area contributed by atoms with E-state index >= 15 is 0 Å². The zero-order valence-corrected chi connectivity index (χ0v) is 7.28. The Morgan fingerprint density at radius 3 is 2.54 bits per heavy atom. The Morgan fingerprint density at radius 2 is 2.00 bits per heavy atom. The average molecular weight is 207 g/mol. The van der Waals surface area contributed by atoms with Gasteiger partial charge in [-0.15, -0.1) is 0 Å². The van der Waals surface area contributed by atoms with Crippen molar-refractivity contribution in [3.8, 4) is 5.75 Å². The normalized spacial score (nSPS) is 11.4. The Hall–Kier alpha value is -0.840. The second kappa shape index (κ2) is 3.91. The first-order valence-corrected chi connectivity index (χ1v) is 4.11. The van der Waals surface area contributed by atoms with Gasteiger partial charge in [0.25, 0.3) is 0 Å². The standard InChI is InChI=1S/C8H6F3OS/c1-12-6-3-2-4-7(5-6)13-8(9,10)11/h2-5H,1H2. The lowest BCUT2D eigenvalue weighted by molar-refractivity contribution is -0.0328. The molecule has 0 amide bonds. The van der Waals surface area contributed by atoms with Crippen molar-refractivity contribution in [3.63, 3.8) is 0 Å².